The molecule has 1 fully saturated rings. The smallest absolute Gasteiger partial charge is 0.338 e. The molecule has 180 valence electrons. The number of amides is 3. The number of ether oxygens (including phenoxy) is 1. The molecule has 1 atom stereocenters. The quantitative estimate of drug-likeness (QED) is 0.622. The Hall–Kier alpha value is -3.73. The van der Waals surface area contributed by atoms with Gasteiger partial charge in [0.2, 0.25) is 0 Å². The maximum atomic E-state index is 13.9. The number of hydrogen-bond acceptors (Lipinski definition) is 6. The molecule has 2 aliphatic heterocycles. The molecule has 34 heavy (non-hydrogen) atoms. The molecule has 2 N–H and O–H groups in total. The minimum atomic E-state index is -1.09. The van der Waals surface area contributed by atoms with Crippen molar-refractivity contribution in [1.29, 1.82) is 0 Å². The molecule has 0 aliphatic carbocycles. The molecule has 0 saturated carbocycles. The maximum absolute atomic E-state index is 13.9. The molecule has 1 saturated heterocycles. The van der Waals surface area contributed by atoms with Crippen LogP contribution in [0.2, 0.25) is 0 Å². The van der Waals surface area contributed by atoms with Crippen LogP contribution in [0.5, 0.6) is 0 Å². The number of esters is 1. The summed E-state index contributed by atoms with van der Waals surface area (Å²) < 4.78 is 37.7. The lowest BCUT2D eigenvalue weighted by molar-refractivity contribution is -0.139. The molecule has 4 rings (SSSR count). The predicted molar refractivity (Wildman–Crippen MR) is 115 cm³/mol. The number of rotatable bonds is 6. The number of urea groups is 1. The van der Waals surface area contributed by atoms with Gasteiger partial charge in [-0.2, -0.15) is 0 Å². The van der Waals surface area contributed by atoms with Gasteiger partial charge in [-0.05, 0) is 36.8 Å². The highest BCUT2D eigenvalue weighted by molar-refractivity contribution is 5.95. The fourth-order valence-corrected chi connectivity index (χ4v) is 4.02. The van der Waals surface area contributed by atoms with Crippen molar-refractivity contribution in [2.24, 2.45) is 0 Å². The number of benzene rings is 1. The highest BCUT2D eigenvalue weighted by Gasteiger charge is 2.35. The van der Waals surface area contributed by atoms with E-state index in [1.54, 1.807) is 24.0 Å². The van der Waals surface area contributed by atoms with Crippen molar-refractivity contribution in [3.63, 3.8) is 0 Å². The number of nitrogens with one attached hydrogen (secondary N) is 2. The number of carbonyl (C=O) groups excluding carboxylic acids is 3. The third-order valence-electron chi connectivity index (χ3n) is 5.70. The van der Waals surface area contributed by atoms with Crippen LogP contribution in [0.4, 0.5) is 13.6 Å². The highest BCUT2D eigenvalue weighted by atomic mass is 19.2. The van der Waals surface area contributed by atoms with Crippen LogP contribution in [0.25, 0.3) is 0 Å². The van der Waals surface area contributed by atoms with Crippen LogP contribution in [0.1, 0.15) is 29.1 Å². The van der Waals surface area contributed by atoms with Gasteiger partial charge in [-0.1, -0.05) is 6.07 Å². The van der Waals surface area contributed by atoms with Crippen LogP contribution in [0.15, 0.2) is 52.3 Å². The van der Waals surface area contributed by atoms with Crippen molar-refractivity contribution < 1.29 is 32.3 Å². The average molecular weight is 474 g/mol. The lowest BCUT2D eigenvalue weighted by Crippen LogP contribution is -2.52. The zero-order valence-electron chi connectivity index (χ0n) is 18.5. The Balaban J connectivity index is 1.55. The van der Waals surface area contributed by atoms with Gasteiger partial charge in [0.25, 0.3) is 5.91 Å². The summed E-state index contributed by atoms with van der Waals surface area (Å²) in [5.41, 5.74) is 0.632. The first kappa shape index (κ1) is 23.4. The van der Waals surface area contributed by atoms with Gasteiger partial charge in [0, 0.05) is 38.4 Å². The summed E-state index contributed by atoms with van der Waals surface area (Å²) in [6, 6.07) is 4.86. The normalized spacial score (nSPS) is 19.0. The molecular formula is C23H24F2N4O5. The van der Waals surface area contributed by atoms with Crippen LogP contribution in [0, 0.1) is 11.6 Å². The number of nitrogens with zero attached hydrogens (tertiary/aromatic N) is 2. The monoisotopic (exact) mass is 474 g/mol. The second-order valence-electron chi connectivity index (χ2n) is 7.86. The molecule has 0 bridgehead atoms. The molecule has 0 unspecified atom stereocenters. The van der Waals surface area contributed by atoms with Crippen LogP contribution >= 0.6 is 0 Å². The molecule has 1 aromatic heterocycles. The largest absolute Gasteiger partial charge is 0.463 e. The van der Waals surface area contributed by atoms with E-state index >= 15 is 0 Å². The fraction of sp³-hybridized carbons (Fsp3) is 0.348. The standard InChI is InChI=1S/C23H24F2N4O5/c1-2-33-22(31)19-17(26-23(32)27-20(19)14-5-6-15(24)16(25)12-14)13-28-7-9-29(10-8-28)21(30)18-4-3-11-34-18/h3-6,11-12,20H,2,7-10,13H2,1H3,(H2,26,27,32)/t20-/m1/s1. The minimum Gasteiger partial charge on any atom is -0.463 e. The van der Waals surface area contributed by atoms with Gasteiger partial charge in [0.15, 0.2) is 17.4 Å². The van der Waals surface area contributed by atoms with Crippen molar-refractivity contribution in [1.82, 2.24) is 20.4 Å². The van der Waals surface area contributed by atoms with Gasteiger partial charge in [-0.25, -0.2) is 18.4 Å². The molecule has 9 nitrogen and oxygen atoms in total. The summed E-state index contributed by atoms with van der Waals surface area (Å²) in [5.74, 6) is -2.74. The van der Waals surface area contributed by atoms with E-state index in [0.717, 1.165) is 12.1 Å². The topological polar surface area (TPSA) is 104 Å². The van der Waals surface area contributed by atoms with E-state index in [-0.39, 0.29) is 36.0 Å². The fourth-order valence-electron chi connectivity index (χ4n) is 4.02. The van der Waals surface area contributed by atoms with E-state index in [1.807, 2.05) is 4.90 Å². The summed E-state index contributed by atoms with van der Waals surface area (Å²) >= 11 is 0. The molecule has 3 amide bonds. The van der Waals surface area contributed by atoms with Crippen molar-refractivity contribution >= 4 is 17.9 Å². The minimum absolute atomic E-state index is 0.0988. The predicted octanol–water partition coefficient (Wildman–Crippen LogP) is 2.19. The number of hydrogen-bond donors (Lipinski definition) is 2. The van der Waals surface area contributed by atoms with Gasteiger partial charge in [-0.15, -0.1) is 0 Å². The number of halogens is 2. The van der Waals surface area contributed by atoms with Crippen molar-refractivity contribution in [2.75, 3.05) is 39.3 Å². The van der Waals surface area contributed by atoms with E-state index in [1.165, 1.54) is 12.3 Å². The number of carbonyl (C=O) groups is 3. The molecule has 3 heterocycles. The second-order valence-corrected chi connectivity index (χ2v) is 7.86. The molecule has 2 aromatic rings. The van der Waals surface area contributed by atoms with Crippen LogP contribution in [0.3, 0.4) is 0 Å². The van der Waals surface area contributed by atoms with Gasteiger partial charge >= 0.3 is 12.0 Å². The molecule has 0 spiro atoms. The number of piperazine rings is 1. The molecule has 2 aliphatic rings. The summed E-state index contributed by atoms with van der Waals surface area (Å²) in [6.45, 7) is 3.79. The first-order valence-corrected chi connectivity index (χ1v) is 10.8. The van der Waals surface area contributed by atoms with Gasteiger partial charge in [0.1, 0.15) is 0 Å². The highest BCUT2D eigenvalue weighted by Crippen LogP contribution is 2.29. The lowest BCUT2D eigenvalue weighted by atomic mass is 9.94. The number of furan rings is 1. The van der Waals surface area contributed by atoms with Gasteiger partial charge < -0.3 is 24.7 Å². The Morgan fingerprint density at radius 2 is 1.91 bits per heavy atom. The van der Waals surface area contributed by atoms with Crippen LogP contribution in [-0.4, -0.2) is 67.0 Å². The summed E-state index contributed by atoms with van der Waals surface area (Å²) in [5, 5.41) is 5.25. The van der Waals surface area contributed by atoms with Crippen LogP contribution in [-0.2, 0) is 9.53 Å². The zero-order valence-corrected chi connectivity index (χ0v) is 18.5. The van der Waals surface area contributed by atoms with Crippen molar-refractivity contribution in [3.05, 3.63) is 70.8 Å². The average Bonchev–Trinajstić information content (AvgIpc) is 3.36. The third kappa shape index (κ3) is 4.93. The SMILES string of the molecule is CCOC(=O)C1=C(CN2CCN(C(=O)c3ccco3)CC2)NC(=O)N[C@@H]1c1ccc(F)c(F)c1. The third-order valence-corrected chi connectivity index (χ3v) is 5.70. The molecule has 1 aromatic carbocycles. The summed E-state index contributed by atoms with van der Waals surface area (Å²) in [4.78, 5) is 41.4. The van der Waals surface area contributed by atoms with Gasteiger partial charge in [0.05, 0.1) is 24.5 Å². The van der Waals surface area contributed by atoms with Crippen molar-refractivity contribution in [2.45, 2.75) is 13.0 Å². The van der Waals surface area contributed by atoms with E-state index in [4.69, 9.17) is 9.15 Å². The second kappa shape index (κ2) is 10.0. The molecule has 11 heteroatoms. The molecular weight excluding hydrogens is 450 g/mol. The summed E-state index contributed by atoms with van der Waals surface area (Å²) in [7, 11) is 0. The first-order valence-electron chi connectivity index (χ1n) is 10.8. The van der Waals surface area contributed by atoms with E-state index in [9.17, 15) is 23.2 Å². The van der Waals surface area contributed by atoms with E-state index in [2.05, 4.69) is 10.6 Å². The van der Waals surface area contributed by atoms with Gasteiger partial charge in [-0.3, -0.25) is 9.69 Å². The van der Waals surface area contributed by atoms with Crippen molar-refractivity contribution in [3.8, 4) is 0 Å². The summed E-state index contributed by atoms with van der Waals surface area (Å²) in [6.07, 6.45) is 1.44. The van der Waals surface area contributed by atoms with E-state index < -0.39 is 29.7 Å². The lowest BCUT2D eigenvalue weighted by Gasteiger charge is -2.36. The Bertz CT molecular complexity index is 1110. The maximum Gasteiger partial charge on any atom is 0.338 e. The first-order chi connectivity index (χ1) is 16.4. The Morgan fingerprint density at radius 3 is 2.56 bits per heavy atom. The van der Waals surface area contributed by atoms with E-state index in [0.29, 0.717) is 31.9 Å². The Labute approximate surface area is 194 Å². The zero-order chi connectivity index (χ0) is 24.2. The molecule has 0 radical (unpaired) electrons. The Kier molecular flexibility index (Phi) is 6.92. The Morgan fingerprint density at radius 1 is 1.15 bits per heavy atom. The van der Waals surface area contributed by atoms with Crippen LogP contribution < -0.4 is 10.6 Å².